The number of carbonyl (C=O) groups is 1. The van der Waals surface area contributed by atoms with Crippen LogP contribution < -0.4 is 10.2 Å². The van der Waals surface area contributed by atoms with Crippen molar-refractivity contribution >= 4 is 29.3 Å². The van der Waals surface area contributed by atoms with E-state index >= 15 is 0 Å². The summed E-state index contributed by atoms with van der Waals surface area (Å²) in [4.78, 5) is 14.4. The molecule has 0 spiro atoms. The van der Waals surface area contributed by atoms with E-state index in [4.69, 9.17) is 4.74 Å². The summed E-state index contributed by atoms with van der Waals surface area (Å²) in [5, 5.41) is 11.7. The van der Waals surface area contributed by atoms with Crippen LogP contribution in [0.1, 0.15) is 24.4 Å². The Morgan fingerprint density at radius 1 is 1.24 bits per heavy atom. The molecule has 1 amide bonds. The zero-order valence-electron chi connectivity index (χ0n) is 15.5. The average Bonchev–Trinajstić information content (AvgIpc) is 3.45. The fourth-order valence-electron chi connectivity index (χ4n) is 3.10. The van der Waals surface area contributed by atoms with Crippen LogP contribution in [-0.2, 0) is 15.7 Å². The Morgan fingerprint density at radius 2 is 2.00 bits per heavy atom. The first-order chi connectivity index (χ1) is 13.9. The lowest BCUT2D eigenvalue weighted by molar-refractivity contribution is -0.137. The van der Waals surface area contributed by atoms with Crippen molar-refractivity contribution in [3.8, 4) is 0 Å². The van der Waals surface area contributed by atoms with Crippen LogP contribution in [0, 0.1) is 0 Å². The molecule has 2 heterocycles. The molecule has 0 bridgehead atoms. The average molecular weight is 427 g/mol. The number of benzene rings is 1. The summed E-state index contributed by atoms with van der Waals surface area (Å²) in [6.45, 7) is 2.76. The molecule has 1 saturated carbocycles. The predicted molar refractivity (Wildman–Crippen MR) is 102 cm³/mol. The fraction of sp³-hybridized carbons (Fsp3) is 0.500. The maximum atomic E-state index is 12.8. The summed E-state index contributed by atoms with van der Waals surface area (Å²) in [7, 11) is 0. The Bertz CT molecular complexity index is 879. The van der Waals surface area contributed by atoms with Gasteiger partial charge in [-0.1, -0.05) is 17.8 Å². The third kappa shape index (κ3) is 4.84. The van der Waals surface area contributed by atoms with Crippen molar-refractivity contribution < 1.29 is 22.7 Å². The fourth-order valence-corrected chi connectivity index (χ4v) is 3.90. The van der Waals surface area contributed by atoms with Crippen molar-refractivity contribution in [2.24, 2.45) is 0 Å². The highest BCUT2D eigenvalue weighted by molar-refractivity contribution is 7.99. The number of hydrogen-bond acceptors (Lipinski definition) is 6. The second-order valence-corrected chi connectivity index (χ2v) is 7.84. The number of halogens is 3. The van der Waals surface area contributed by atoms with Crippen LogP contribution in [-0.4, -0.2) is 52.7 Å². The highest BCUT2D eigenvalue weighted by Gasteiger charge is 2.32. The van der Waals surface area contributed by atoms with Crippen LogP contribution in [0.4, 0.5) is 24.8 Å². The molecule has 1 aromatic carbocycles. The van der Waals surface area contributed by atoms with Gasteiger partial charge in [-0.15, -0.1) is 10.2 Å². The van der Waals surface area contributed by atoms with E-state index in [1.54, 1.807) is 0 Å². The third-order valence-corrected chi connectivity index (χ3v) is 5.60. The minimum Gasteiger partial charge on any atom is -0.378 e. The molecule has 29 heavy (non-hydrogen) atoms. The van der Waals surface area contributed by atoms with Crippen LogP contribution in [0.5, 0.6) is 0 Å². The van der Waals surface area contributed by atoms with E-state index in [0.717, 1.165) is 44.0 Å². The van der Waals surface area contributed by atoms with Crippen LogP contribution >= 0.6 is 11.8 Å². The second kappa shape index (κ2) is 8.23. The molecule has 1 saturated heterocycles. The van der Waals surface area contributed by atoms with E-state index in [1.807, 2.05) is 0 Å². The van der Waals surface area contributed by atoms with Crippen molar-refractivity contribution in [2.45, 2.75) is 30.2 Å². The van der Waals surface area contributed by atoms with Gasteiger partial charge >= 0.3 is 6.18 Å². The number of anilines is 2. The molecule has 1 N–H and O–H groups in total. The van der Waals surface area contributed by atoms with Gasteiger partial charge in [-0.05, 0) is 31.0 Å². The number of nitrogens with one attached hydrogen (secondary N) is 1. The zero-order valence-corrected chi connectivity index (χ0v) is 16.3. The van der Waals surface area contributed by atoms with Gasteiger partial charge in [0, 0.05) is 24.8 Å². The number of carbonyl (C=O) groups excluding carboxylic acids is 1. The number of hydrogen-bond donors (Lipinski definition) is 1. The Labute approximate surface area is 169 Å². The minimum absolute atomic E-state index is 0.0320. The van der Waals surface area contributed by atoms with Gasteiger partial charge in [0.25, 0.3) is 0 Å². The Morgan fingerprint density at radius 3 is 2.69 bits per heavy atom. The van der Waals surface area contributed by atoms with Crippen LogP contribution in [0.3, 0.4) is 0 Å². The molecule has 7 nitrogen and oxygen atoms in total. The lowest BCUT2D eigenvalue weighted by Crippen LogP contribution is -2.38. The van der Waals surface area contributed by atoms with Crippen molar-refractivity contribution in [2.75, 3.05) is 42.3 Å². The molecule has 1 aromatic heterocycles. The first-order valence-corrected chi connectivity index (χ1v) is 10.3. The standard InChI is InChI=1S/C18H20F3N5O2S/c19-18(20,21)12-2-1-3-13(10-12)22-15(27)11-29-17-24-23-16(26(17)14-4-5-14)25-6-8-28-9-7-25/h1-3,10,14H,4-9,11H2,(H,22,27). The largest absolute Gasteiger partial charge is 0.416 e. The van der Waals surface area contributed by atoms with E-state index in [2.05, 4.69) is 25.0 Å². The highest BCUT2D eigenvalue weighted by atomic mass is 32.2. The predicted octanol–water partition coefficient (Wildman–Crippen LogP) is 3.20. The normalized spacial score (nSPS) is 17.4. The molecule has 0 radical (unpaired) electrons. The van der Waals surface area contributed by atoms with Gasteiger partial charge in [0.05, 0.1) is 24.5 Å². The van der Waals surface area contributed by atoms with Gasteiger partial charge in [-0.2, -0.15) is 13.2 Å². The van der Waals surface area contributed by atoms with E-state index in [9.17, 15) is 18.0 Å². The lowest BCUT2D eigenvalue weighted by Gasteiger charge is -2.27. The Balaban J connectivity index is 1.40. The van der Waals surface area contributed by atoms with Crippen molar-refractivity contribution in [3.05, 3.63) is 29.8 Å². The van der Waals surface area contributed by atoms with Crippen molar-refractivity contribution in [1.29, 1.82) is 0 Å². The quantitative estimate of drug-likeness (QED) is 0.714. The van der Waals surface area contributed by atoms with E-state index in [-0.39, 0.29) is 11.4 Å². The first-order valence-electron chi connectivity index (χ1n) is 9.29. The summed E-state index contributed by atoms with van der Waals surface area (Å²) in [5.74, 6) is 0.425. The molecule has 2 aliphatic rings. The number of amides is 1. The molecule has 1 aliphatic carbocycles. The maximum absolute atomic E-state index is 12.8. The van der Waals surface area contributed by atoms with Gasteiger partial charge < -0.3 is 15.0 Å². The number of morpholine rings is 1. The van der Waals surface area contributed by atoms with Crippen LogP contribution in [0.25, 0.3) is 0 Å². The highest BCUT2D eigenvalue weighted by Crippen LogP contribution is 2.41. The number of aromatic nitrogens is 3. The molecular formula is C18H20F3N5O2S. The first kappa shape index (κ1) is 20.0. The minimum atomic E-state index is -4.45. The van der Waals surface area contributed by atoms with E-state index in [0.29, 0.717) is 24.4 Å². The molecule has 1 aliphatic heterocycles. The Kier molecular flexibility index (Phi) is 5.68. The van der Waals surface area contributed by atoms with Gasteiger partial charge in [0.2, 0.25) is 11.9 Å². The molecule has 0 atom stereocenters. The number of rotatable bonds is 6. The molecule has 11 heteroatoms. The maximum Gasteiger partial charge on any atom is 0.416 e. The monoisotopic (exact) mass is 427 g/mol. The summed E-state index contributed by atoms with van der Waals surface area (Å²) in [6.07, 6.45) is -2.37. The Hall–Kier alpha value is -2.27. The number of ether oxygens (including phenoxy) is 1. The topological polar surface area (TPSA) is 72.3 Å². The van der Waals surface area contributed by atoms with Crippen LogP contribution in [0.15, 0.2) is 29.4 Å². The van der Waals surface area contributed by atoms with Crippen LogP contribution in [0.2, 0.25) is 0 Å². The smallest absolute Gasteiger partial charge is 0.378 e. The summed E-state index contributed by atoms with van der Waals surface area (Å²) in [6, 6.07) is 4.92. The lowest BCUT2D eigenvalue weighted by atomic mass is 10.2. The molecular weight excluding hydrogens is 407 g/mol. The zero-order chi connectivity index (χ0) is 20.4. The molecule has 4 rings (SSSR count). The number of nitrogens with zero attached hydrogens (tertiary/aromatic N) is 4. The molecule has 156 valence electrons. The van der Waals surface area contributed by atoms with Gasteiger partial charge in [0.1, 0.15) is 0 Å². The summed E-state index contributed by atoms with van der Waals surface area (Å²) < 4.78 is 45.9. The van der Waals surface area contributed by atoms with Crippen molar-refractivity contribution in [3.63, 3.8) is 0 Å². The third-order valence-electron chi connectivity index (χ3n) is 4.66. The number of alkyl halides is 3. The van der Waals surface area contributed by atoms with Gasteiger partial charge in [-0.3, -0.25) is 9.36 Å². The molecule has 2 fully saturated rings. The summed E-state index contributed by atoms with van der Waals surface area (Å²) >= 11 is 1.23. The second-order valence-electron chi connectivity index (χ2n) is 6.90. The van der Waals surface area contributed by atoms with E-state index < -0.39 is 17.6 Å². The van der Waals surface area contributed by atoms with Gasteiger partial charge in [-0.25, -0.2) is 0 Å². The van der Waals surface area contributed by atoms with Crippen molar-refractivity contribution in [1.82, 2.24) is 14.8 Å². The summed E-state index contributed by atoms with van der Waals surface area (Å²) in [5.41, 5.74) is -0.685. The number of thioether (sulfide) groups is 1. The van der Waals surface area contributed by atoms with E-state index in [1.165, 1.54) is 23.9 Å². The van der Waals surface area contributed by atoms with Gasteiger partial charge in [0.15, 0.2) is 5.16 Å². The molecule has 2 aromatic rings. The molecule has 0 unspecified atom stereocenters. The SMILES string of the molecule is O=C(CSc1nnc(N2CCOCC2)n1C1CC1)Nc1cccc(C(F)(F)F)c1.